The standard InChI is InChI=1S/C12H14N2O4/c1-3-4-10(12(15)16)13-9-5-6-11(14(17)18)8(2)7-9/h3,5-7,10,13H,1,4H2,2H3,(H,15,16). The lowest BCUT2D eigenvalue weighted by molar-refractivity contribution is -0.385. The van der Waals surface area contributed by atoms with Crippen LogP contribution in [0.4, 0.5) is 11.4 Å². The number of aliphatic carboxylic acids is 1. The summed E-state index contributed by atoms with van der Waals surface area (Å²) >= 11 is 0. The number of nitrogens with zero attached hydrogens (tertiary/aromatic N) is 1. The number of aryl methyl sites for hydroxylation is 1. The lowest BCUT2D eigenvalue weighted by atomic mass is 10.1. The van der Waals surface area contributed by atoms with E-state index in [2.05, 4.69) is 11.9 Å². The Hall–Kier alpha value is -2.37. The van der Waals surface area contributed by atoms with Crippen molar-refractivity contribution in [1.82, 2.24) is 0 Å². The first-order valence-corrected chi connectivity index (χ1v) is 5.31. The molecule has 0 spiro atoms. The highest BCUT2D eigenvalue weighted by Gasteiger charge is 2.16. The molecule has 1 aromatic carbocycles. The van der Waals surface area contributed by atoms with Crippen LogP contribution >= 0.6 is 0 Å². The summed E-state index contributed by atoms with van der Waals surface area (Å²) in [5, 5.41) is 22.4. The number of nitrogens with one attached hydrogen (secondary N) is 1. The van der Waals surface area contributed by atoms with Crippen LogP contribution in [0.5, 0.6) is 0 Å². The molecule has 1 aromatic rings. The Bertz CT molecular complexity index is 485. The molecule has 0 aliphatic rings. The predicted molar refractivity (Wildman–Crippen MR) is 67.7 cm³/mol. The summed E-state index contributed by atoms with van der Waals surface area (Å²) in [5.41, 5.74) is 1.02. The molecule has 0 saturated heterocycles. The minimum Gasteiger partial charge on any atom is -0.480 e. The molecule has 96 valence electrons. The number of hydrogen-bond acceptors (Lipinski definition) is 4. The Morgan fingerprint density at radius 2 is 2.33 bits per heavy atom. The SMILES string of the molecule is C=CCC(Nc1ccc([N+](=O)[O-])c(C)c1)C(=O)O. The van der Waals surface area contributed by atoms with E-state index in [1.807, 2.05) is 0 Å². The molecule has 6 heteroatoms. The number of nitro benzene ring substituents is 1. The Labute approximate surface area is 104 Å². The fourth-order valence-corrected chi connectivity index (χ4v) is 1.54. The lowest BCUT2D eigenvalue weighted by Gasteiger charge is -2.14. The maximum Gasteiger partial charge on any atom is 0.326 e. The first kappa shape index (κ1) is 13.7. The minimum absolute atomic E-state index is 0.0103. The molecular formula is C12H14N2O4. The van der Waals surface area contributed by atoms with Gasteiger partial charge in [-0.3, -0.25) is 10.1 Å². The molecule has 6 nitrogen and oxygen atoms in total. The first-order valence-electron chi connectivity index (χ1n) is 5.31. The van der Waals surface area contributed by atoms with Gasteiger partial charge in [-0.05, 0) is 25.5 Å². The van der Waals surface area contributed by atoms with Gasteiger partial charge in [0.1, 0.15) is 6.04 Å². The molecule has 0 aliphatic carbocycles. The molecule has 18 heavy (non-hydrogen) atoms. The van der Waals surface area contributed by atoms with Crippen LogP contribution in [-0.4, -0.2) is 22.0 Å². The number of anilines is 1. The largest absolute Gasteiger partial charge is 0.480 e. The number of hydrogen-bond donors (Lipinski definition) is 2. The van der Waals surface area contributed by atoms with Gasteiger partial charge in [-0.1, -0.05) is 6.08 Å². The number of nitro groups is 1. The quantitative estimate of drug-likeness (QED) is 0.459. The number of carbonyl (C=O) groups is 1. The average Bonchev–Trinajstić information content (AvgIpc) is 2.27. The van der Waals surface area contributed by atoms with Crippen LogP contribution in [0.1, 0.15) is 12.0 Å². The average molecular weight is 250 g/mol. The van der Waals surface area contributed by atoms with Crippen molar-refractivity contribution in [2.24, 2.45) is 0 Å². The second-order valence-electron chi connectivity index (χ2n) is 3.82. The molecule has 0 fully saturated rings. The van der Waals surface area contributed by atoms with Crippen LogP contribution in [0.3, 0.4) is 0 Å². The van der Waals surface area contributed by atoms with E-state index in [-0.39, 0.29) is 12.1 Å². The van der Waals surface area contributed by atoms with Gasteiger partial charge >= 0.3 is 5.97 Å². The third-order valence-electron chi connectivity index (χ3n) is 2.43. The second-order valence-corrected chi connectivity index (χ2v) is 3.82. The molecule has 0 saturated carbocycles. The molecular weight excluding hydrogens is 236 g/mol. The van der Waals surface area contributed by atoms with E-state index >= 15 is 0 Å². The molecule has 2 N–H and O–H groups in total. The van der Waals surface area contributed by atoms with Gasteiger partial charge in [-0.15, -0.1) is 6.58 Å². The van der Waals surface area contributed by atoms with Gasteiger partial charge in [0.05, 0.1) is 4.92 Å². The van der Waals surface area contributed by atoms with E-state index in [0.717, 1.165) is 0 Å². The Morgan fingerprint density at radius 3 is 2.78 bits per heavy atom. The summed E-state index contributed by atoms with van der Waals surface area (Å²) in [6.07, 6.45) is 1.77. The summed E-state index contributed by atoms with van der Waals surface area (Å²) in [6, 6.07) is 3.61. The van der Waals surface area contributed by atoms with Crippen molar-refractivity contribution >= 4 is 17.3 Å². The van der Waals surface area contributed by atoms with Crippen LogP contribution in [0.15, 0.2) is 30.9 Å². The summed E-state index contributed by atoms with van der Waals surface area (Å²) in [5.74, 6) is -0.995. The number of benzene rings is 1. The van der Waals surface area contributed by atoms with Gasteiger partial charge in [-0.2, -0.15) is 0 Å². The number of carboxylic acids is 1. The predicted octanol–water partition coefficient (Wildman–Crippen LogP) is 2.34. The first-order chi connectivity index (χ1) is 8.45. The zero-order chi connectivity index (χ0) is 13.7. The van der Waals surface area contributed by atoms with Crippen LogP contribution in [0.25, 0.3) is 0 Å². The summed E-state index contributed by atoms with van der Waals surface area (Å²) < 4.78 is 0. The zero-order valence-electron chi connectivity index (χ0n) is 9.92. The molecule has 1 unspecified atom stereocenters. The minimum atomic E-state index is -0.995. The molecule has 0 bridgehead atoms. The molecule has 0 aromatic heterocycles. The third kappa shape index (κ3) is 3.31. The van der Waals surface area contributed by atoms with Gasteiger partial charge in [0.25, 0.3) is 5.69 Å². The van der Waals surface area contributed by atoms with Gasteiger partial charge in [0, 0.05) is 17.3 Å². The molecule has 0 aliphatic heterocycles. The Morgan fingerprint density at radius 1 is 1.67 bits per heavy atom. The summed E-state index contributed by atoms with van der Waals surface area (Å²) in [4.78, 5) is 21.1. The van der Waals surface area contributed by atoms with Crippen molar-refractivity contribution in [3.63, 3.8) is 0 Å². The van der Waals surface area contributed by atoms with E-state index in [1.165, 1.54) is 18.2 Å². The Kier molecular flexibility index (Phi) is 4.42. The molecule has 1 atom stereocenters. The van der Waals surface area contributed by atoms with Crippen molar-refractivity contribution in [2.45, 2.75) is 19.4 Å². The molecule has 0 heterocycles. The normalized spacial score (nSPS) is 11.6. The molecule has 1 rings (SSSR count). The third-order valence-corrected chi connectivity index (χ3v) is 2.43. The van der Waals surface area contributed by atoms with Crippen molar-refractivity contribution in [3.8, 4) is 0 Å². The number of carboxylic acid groups (broad SMARTS) is 1. The maximum absolute atomic E-state index is 10.9. The molecule has 0 radical (unpaired) electrons. The van der Waals surface area contributed by atoms with Crippen molar-refractivity contribution < 1.29 is 14.8 Å². The number of rotatable bonds is 6. The van der Waals surface area contributed by atoms with E-state index in [4.69, 9.17) is 5.11 Å². The summed E-state index contributed by atoms with van der Waals surface area (Å²) in [6.45, 7) is 5.09. The van der Waals surface area contributed by atoms with Crippen LogP contribution in [0.2, 0.25) is 0 Å². The smallest absolute Gasteiger partial charge is 0.326 e. The maximum atomic E-state index is 10.9. The second kappa shape index (κ2) is 5.81. The summed E-state index contributed by atoms with van der Waals surface area (Å²) in [7, 11) is 0. The fourth-order valence-electron chi connectivity index (χ4n) is 1.54. The van der Waals surface area contributed by atoms with Crippen LogP contribution in [0, 0.1) is 17.0 Å². The lowest BCUT2D eigenvalue weighted by Crippen LogP contribution is -2.28. The van der Waals surface area contributed by atoms with E-state index in [9.17, 15) is 14.9 Å². The highest BCUT2D eigenvalue weighted by atomic mass is 16.6. The highest BCUT2D eigenvalue weighted by Crippen LogP contribution is 2.22. The van der Waals surface area contributed by atoms with Crippen molar-refractivity contribution in [1.29, 1.82) is 0 Å². The van der Waals surface area contributed by atoms with Crippen molar-refractivity contribution in [2.75, 3.05) is 5.32 Å². The van der Waals surface area contributed by atoms with E-state index < -0.39 is 16.9 Å². The van der Waals surface area contributed by atoms with E-state index in [0.29, 0.717) is 11.3 Å². The monoisotopic (exact) mass is 250 g/mol. The fraction of sp³-hybridized carbons (Fsp3) is 0.250. The van der Waals surface area contributed by atoms with Crippen molar-refractivity contribution in [3.05, 3.63) is 46.5 Å². The zero-order valence-corrected chi connectivity index (χ0v) is 9.92. The van der Waals surface area contributed by atoms with Crippen LogP contribution < -0.4 is 5.32 Å². The van der Waals surface area contributed by atoms with Gasteiger partial charge in [-0.25, -0.2) is 4.79 Å². The highest BCUT2D eigenvalue weighted by molar-refractivity contribution is 5.77. The Balaban J connectivity index is 2.91. The molecule has 0 amide bonds. The van der Waals surface area contributed by atoms with Crippen LogP contribution in [-0.2, 0) is 4.79 Å². The van der Waals surface area contributed by atoms with E-state index in [1.54, 1.807) is 13.0 Å². The van der Waals surface area contributed by atoms with Gasteiger partial charge < -0.3 is 10.4 Å². The topological polar surface area (TPSA) is 92.5 Å². The van der Waals surface area contributed by atoms with Gasteiger partial charge in [0.2, 0.25) is 0 Å². The van der Waals surface area contributed by atoms with Gasteiger partial charge in [0.15, 0.2) is 0 Å².